The Hall–Kier alpha value is -1.78. The van der Waals surface area contributed by atoms with Crippen LogP contribution in [0.1, 0.15) is 31.9 Å². The van der Waals surface area contributed by atoms with Crippen LogP contribution in [0.4, 0.5) is 10.1 Å². The second-order valence-electron chi connectivity index (χ2n) is 7.52. The molecule has 0 aromatic heterocycles. The van der Waals surface area contributed by atoms with Crippen LogP contribution in [0.3, 0.4) is 0 Å². The van der Waals surface area contributed by atoms with Crippen LogP contribution in [0.25, 0.3) is 0 Å². The van der Waals surface area contributed by atoms with Gasteiger partial charge in [-0.15, -0.1) is 24.0 Å². The summed E-state index contributed by atoms with van der Waals surface area (Å²) in [6, 6.07) is 10.6. The van der Waals surface area contributed by atoms with Gasteiger partial charge in [0.2, 0.25) is 0 Å². The number of rotatable bonds is 8. The first-order chi connectivity index (χ1) is 14.9. The highest BCUT2D eigenvalue weighted by molar-refractivity contribution is 14.0. The van der Waals surface area contributed by atoms with Gasteiger partial charge in [0.25, 0.3) is 0 Å². The van der Waals surface area contributed by atoms with E-state index >= 15 is 0 Å². The number of ether oxygens (including phenoxy) is 2. The summed E-state index contributed by atoms with van der Waals surface area (Å²) in [5.41, 5.74) is 7.79. The maximum Gasteiger partial charge on any atom is 0.193 e. The highest BCUT2D eigenvalue weighted by Crippen LogP contribution is 2.37. The van der Waals surface area contributed by atoms with E-state index in [-0.39, 0.29) is 41.0 Å². The average Bonchev–Trinajstić information content (AvgIpc) is 3.11. The van der Waals surface area contributed by atoms with Crippen LogP contribution in [0, 0.1) is 11.7 Å². The number of nitrogens with two attached hydrogens (primary N) is 1. The second kappa shape index (κ2) is 12.5. The minimum Gasteiger partial charge on any atom is -0.494 e. The van der Waals surface area contributed by atoms with Crippen molar-refractivity contribution in [3.63, 3.8) is 0 Å². The average molecular weight is 577 g/mol. The van der Waals surface area contributed by atoms with Gasteiger partial charge >= 0.3 is 0 Å². The number of hydrogen-bond donors (Lipinski definition) is 2. The molecule has 2 aromatic carbocycles. The summed E-state index contributed by atoms with van der Waals surface area (Å²) < 4.78 is 25.3. The van der Waals surface area contributed by atoms with Crippen LogP contribution in [0.15, 0.2) is 41.4 Å². The molecule has 32 heavy (non-hydrogen) atoms. The molecule has 2 aromatic rings. The fourth-order valence-electron chi connectivity index (χ4n) is 3.98. The normalized spacial score (nSPS) is 18.8. The zero-order chi connectivity index (χ0) is 22.4. The van der Waals surface area contributed by atoms with E-state index in [4.69, 9.17) is 26.8 Å². The van der Waals surface area contributed by atoms with Crippen molar-refractivity contribution in [1.82, 2.24) is 4.90 Å². The van der Waals surface area contributed by atoms with Gasteiger partial charge in [0.05, 0.1) is 23.9 Å². The number of benzene rings is 2. The number of hydrogen-bond acceptors (Lipinski definition) is 4. The monoisotopic (exact) mass is 576 g/mol. The van der Waals surface area contributed by atoms with Gasteiger partial charge in [-0.2, -0.15) is 0 Å². The fourth-order valence-corrected chi connectivity index (χ4v) is 4.10. The second-order valence-corrected chi connectivity index (χ2v) is 7.93. The van der Waals surface area contributed by atoms with Crippen LogP contribution in [-0.4, -0.2) is 44.2 Å². The molecule has 2 atom stereocenters. The third-order valence-corrected chi connectivity index (χ3v) is 5.69. The van der Waals surface area contributed by atoms with E-state index in [1.807, 2.05) is 45.2 Å². The van der Waals surface area contributed by atoms with Crippen molar-refractivity contribution in [2.75, 3.05) is 38.7 Å². The molecule has 1 heterocycles. The lowest BCUT2D eigenvalue weighted by Gasteiger charge is -2.25. The highest BCUT2D eigenvalue weighted by Gasteiger charge is 2.33. The van der Waals surface area contributed by atoms with Crippen molar-refractivity contribution < 1.29 is 13.9 Å². The molecule has 0 bridgehead atoms. The van der Waals surface area contributed by atoms with E-state index < -0.39 is 5.82 Å². The Balaban J connectivity index is 0.00000363. The Morgan fingerprint density at radius 1 is 1.22 bits per heavy atom. The summed E-state index contributed by atoms with van der Waals surface area (Å²) in [5.74, 6) is 1.51. The zero-order valence-corrected chi connectivity index (χ0v) is 21.7. The number of guanidine groups is 1. The fraction of sp³-hybridized carbons (Fsp3) is 0.435. The van der Waals surface area contributed by atoms with Crippen LogP contribution < -0.4 is 20.5 Å². The van der Waals surface area contributed by atoms with Gasteiger partial charge in [0, 0.05) is 18.7 Å². The molecule has 176 valence electrons. The van der Waals surface area contributed by atoms with Crippen LogP contribution in [-0.2, 0) is 0 Å². The first kappa shape index (κ1) is 26.5. The molecule has 3 rings (SSSR count). The molecule has 1 aliphatic rings. The highest BCUT2D eigenvalue weighted by atomic mass is 127. The Morgan fingerprint density at radius 2 is 1.97 bits per heavy atom. The molecule has 0 aliphatic carbocycles. The number of aliphatic imine (C=N–C) groups is 1. The SMILES string of the molecule is CCOc1ccc(OCC)c(NC(N)=NCC2CCN(C)C2c2ccc(Cl)c(F)c2)c1.I. The van der Waals surface area contributed by atoms with Crippen LogP contribution in [0.5, 0.6) is 11.5 Å². The van der Waals surface area contributed by atoms with Gasteiger partial charge in [-0.25, -0.2) is 4.39 Å². The molecule has 1 fully saturated rings. The third-order valence-electron chi connectivity index (χ3n) is 5.38. The maximum atomic E-state index is 14.0. The molecular weight excluding hydrogens is 546 g/mol. The molecule has 9 heteroatoms. The standard InChI is InChI=1S/C23H30ClFN4O2.HI/c1-4-30-17-7-9-21(31-5-2)20(13-17)28-23(26)27-14-16-10-11-29(3)22(16)15-6-8-18(24)19(25)12-15;/h6-9,12-13,16,22H,4-5,10-11,14H2,1-3H3,(H3,26,27,28);1H. The van der Waals surface area contributed by atoms with Gasteiger partial charge in [-0.1, -0.05) is 17.7 Å². The number of halogens is 3. The van der Waals surface area contributed by atoms with E-state index in [9.17, 15) is 4.39 Å². The van der Waals surface area contributed by atoms with Crippen molar-refractivity contribution in [3.05, 3.63) is 52.8 Å². The summed E-state index contributed by atoms with van der Waals surface area (Å²) in [4.78, 5) is 6.78. The summed E-state index contributed by atoms with van der Waals surface area (Å²) in [6.07, 6.45) is 0.951. The lowest BCUT2D eigenvalue weighted by atomic mass is 9.94. The molecule has 6 nitrogen and oxygen atoms in total. The summed E-state index contributed by atoms with van der Waals surface area (Å²) in [6.45, 7) is 6.39. The molecule has 3 N–H and O–H groups in total. The minimum absolute atomic E-state index is 0. The van der Waals surface area contributed by atoms with E-state index in [0.29, 0.717) is 37.2 Å². The lowest BCUT2D eigenvalue weighted by Crippen LogP contribution is -2.26. The topological polar surface area (TPSA) is 72.1 Å². The molecule has 1 saturated heterocycles. The van der Waals surface area contributed by atoms with Crippen LogP contribution in [0.2, 0.25) is 5.02 Å². The molecular formula is C23H31ClFIN4O2. The zero-order valence-electron chi connectivity index (χ0n) is 18.6. The minimum atomic E-state index is -0.402. The molecule has 1 aliphatic heterocycles. The number of likely N-dealkylation sites (tertiary alicyclic amines) is 1. The Bertz CT molecular complexity index is 931. The number of anilines is 1. The van der Waals surface area contributed by atoms with Gasteiger partial charge in [0.15, 0.2) is 5.96 Å². The largest absolute Gasteiger partial charge is 0.494 e. The smallest absolute Gasteiger partial charge is 0.193 e. The van der Waals surface area contributed by atoms with Gasteiger partial charge in [-0.05, 0) is 69.6 Å². The van der Waals surface area contributed by atoms with E-state index in [0.717, 1.165) is 24.3 Å². The van der Waals surface area contributed by atoms with Crippen molar-refractivity contribution >= 4 is 47.2 Å². The maximum absolute atomic E-state index is 14.0. The van der Waals surface area contributed by atoms with Crippen molar-refractivity contribution in [3.8, 4) is 11.5 Å². The van der Waals surface area contributed by atoms with Gasteiger partial charge in [0.1, 0.15) is 17.3 Å². The number of nitrogens with zero attached hydrogens (tertiary/aromatic N) is 2. The Morgan fingerprint density at radius 3 is 2.66 bits per heavy atom. The summed E-state index contributed by atoms with van der Waals surface area (Å²) >= 11 is 5.85. The van der Waals surface area contributed by atoms with E-state index in [1.54, 1.807) is 6.07 Å². The predicted molar refractivity (Wildman–Crippen MR) is 139 cm³/mol. The molecule has 0 spiro atoms. The molecule has 0 amide bonds. The first-order valence-corrected chi connectivity index (χ1v) is 10.9. The van der Waals surface area contributed by atoms with E-state index in [2.05, 4.69) is 15.2 Å². The molecule has 2 unspecified atom stereocenters. The summed E-state index contributed by atoms with van der Waals surface area (Å²) in [5, 5.41) is 3.26. The van der Waals surface area contributed by atoms with Crippen molar-refractivity contribution in [2.24, 2.45) is 16.6 Å². The quantitative estimate of drug-likeness (QED) is 0.253. The predicted octanol–water partition coefficient (Wildman–Crippen LogP) is 5.31. The van der Waals surface area contributed by atoms with Gasteiger partial charge < -0.3 is 20.5 Å². The summed E-state index contributed by atoms with van der Waals surface area (Å²) in [7, 11) is 2.04. The molecule has 0 radical (unpaired) electrons. The lowest BCUT2D eigenvalue weighted by molar-refractivity contribution is 0.279. The third kappa shape index (κ3) is 6.62. The van der Waals surface area contributed by atoms with E-state index in [1.165, 1.54) is 6.07 Å². The van der Waals surface area contributed by atoms with Crippen LogP contribution >= 0.6 is 35.6 Å². The van der Waals surface area contributed by atoms with Crippen molar-refractivity contribution in [2.45, 2.75) is 26.3 Å². The number of nitrogens with one attached hydrogen (secondary N) is 1. The Labute approximate surface area is 211 Å². The first-order valence-electron chi connectivity index (χ1n) is 10.5. The van der Waals surface area contributed by atoms with Crippen molar-refractivity contribution in [1.29, 1.82) is 0 Å². The van der Waals surface area contributed by atoms with Gasteiger partial charge in [-0.3, -0.25) is 9.89 Å². The Kier molecular flexibility index (Phi) is 10.3. The molecule has 0 saturated carbocycles.